The molecule has 2 rings (SSSR count). The van der Waals surface area contributed by atoms with Gasteiger partial charge in [-0.1, -0.05) is 12.1 Å². The normalized spacial score (nSPS) is 15.4. The highest BCUT2D eigenvalue weighted by Crippen LogP contribution is 2.24. The molecule has 1 aromatic rings. The number of aliphatic imine (C=N–C) groups is 1. The molecular formula is C14H17F3IN3O2. The Balaban J connectivity index is 0.00000264. The summed E-state index contributed by atoms with van der Waals surface area (Å²) in [5, 5.41) is 2.72. The van der Waals surface area contributed by atoms with E-state index in [1.165, 1.54) is 18.2 Å². The molecule has 0 radical (unpaired) electrons. The summed E-state index contributed by atoms with van der Waals surface area (Å²) >= 11 is 0. The van der Waals surface area contributed by atoms with E-state index in [1.807, 2.05) is 6.08 Å². The average molecular weight is 443 g/mol. The van der Waals surface area contributed by atoms with Crippen LogP contribution in [0.15, 0.2) is 40.9 Å². The van der Waals surface area contributed by atoms with Gasteiger partial charge in [-0.25, -0.2) is 4.99 Å². The van der Waals surface area contributed by atoms with Gasteiger partial charge in [0.25, 0.3) is 0 Å². The zero-order valence-electron chi connectivity index (χ0n) is 12.1. The fourth-order valence-electron chi connectivity index (χ4n) is 1.86. The third-order valence-electron chi connectivity index (χ3n) is 2.78. The lowest BCUT2D eigenvalue weighted by atomic mass is 10.2. The summed E-state index contributed by atoms with van der Waals surface area (Å²) in [6.45, 7) is 1.61. The Bertz CT molecular complexity index is 577. The lowest BCUT2D eigenvalue weighted by Gasteiger charge is -2.13. The van der Waals surface area contributed by atoms with Gasteiger partial charge in [0.1, 0.15) is 5.75 Å². The Morgan fingerprint density at radius 3 is 2.83 bits per heavy atom. The van der Waals surface area contributed by atoms with Crippen LogP contribution in [0.1, 0.15) is 6.42 Å². The number of nitrogens with zero attached hydrogens (tertiary/aromatic N) is 1. The van der Waals surface area contributed by atoms with Crippen LogP contribution in [0.4, 0.5) is 18.9 Å². The number of halogens is 4. The molecule has 5 nitrogen and oxygen atoms in total. The Morgan fingerprint density at radius 2 is 2.17 bits per heavy atom. The first kappa shape index (κ1) is 19.6. The molecule has 0 spiro atoms. The summed E-state index contributed by atoms with van der Waals surface area (Å²) in [6.07, 6.45) is -1.85. The van der Waals surface area contributed by atoms with Crippen molar-refractivity contribution in [1.82, 2.24) is 0 Å². The molecule has 1 aliphatic heterocycles. The maximum atomic E-state index is 12.2. The van der Waals surface area contributed by atoms with E-state index >= 15 is 0 Å². The molecule has 0 aromatic heterocycles. The highest BCUT2D eigenvalue weighted by molar-refractivity contribution is 14.0. The quantitative estimate of drug-likeness (QED) is 0.325. The van der Waals surface area contributed by atoms with Crippen LogP contribution in [-0.2, 0) is 4.74 Å². The minimum absolute atomic E-state index is 0. The van der Waals surface area contributed by atoms with Gasteiger partial charge in [-0.3, -0.25) is 0 Å². The van der Waals surface area contributed by atoms with E-state index in [1.54, 1.807) is 6.07 Å². The van der Waals surface area contributed by atoms with Crippen molar-refractivity contribution in [1.29, 1.82) is 0 Å². The Labute approximate surface area is 148 Å². The van der Waals surface area contributed by atoms with Gasteiger partial charge in [-0.15, -0.1) is 37.1 Å². The summed E-state index contributed by atoms with van der Waals surface area (Å²) in [6, 6.07) is 5.39. The van der Waals surface area contributed by atoms with Gasteiger partial charge >= 0.3 is 6.36 Å². The Morgan fingerprint density at radius 1 is 1.39 bits per heavy atom. The van der Waals surface area contributed by atoms with Crippen LogP contribution in [0.3, 0.4) is 0 Å². The molecular weight excluding hydrogens is 426 g/mol. The molecule has 3 N–H and O–H groups in total. The van der Waals surface area contributed by atoms with Gasteiger partial charge in [0.15, 0.2) is 5.96 Å². The predicted octanol–water partition coefficient (Wildman–Crippen LogP) is 3.28. The first-order chi connectivity index (χ1) is 10.4. The number of rotatable bonds is 4. The molecule has 0 saturated heterocycles. The minimum atomic E-state index is -4.73. The van der Waals surface area contributed by atoms with Gasteiger partial charge in [-0.2, -0.15) is 0 Å². The van der Waals surface area contributed by atoms with E-state index in [0.717, 1.165) is 12.0 Å². The number of ether oxygens (including phenoxy) is 2. The fraction of sp³-hybridized carbons (Fsp3) is 0.357. The first-order valence-corrected chi connectivity index (χ1v) is 6.61. The van der Waals surface area contributed by atoms with Gasteiger partial charge in [0.05, 0.1) is 19.8 Å². The second-order valence-electron chi connectivity index (χ2n) is 4.61. The largest absolute Gasteiger partial charge is 0.573 e. The van der Waals surface area contributed by atoms with E-state index in [-0.39, 0.29) is 35.7 Å². The van der Waals surface area contributed by atoms with Crippen LogP contribution in [-0.4, -0.2) is 32.1 Å². The Hall–Kier alpha value is -1.49. The molecule has 9 heteroatoms. The van der Waals surface area contributed by atoms with Crippen molar-refractivity contribution in [3.8, 4) is 5.75 Å². The Kier molecular flexibility index (Phi) is 7.62. The summed E-state index contributed by atoms with van der Waals surface area (Å²) in [5.41, 5.74) is 7.08. The number of anilines is 1. The van der Waals surface area contributed by atoms with Gasteiger partial charge in [0, 0.05) is 11.8 Å². The lowest BCUT2D eigenvalue weighted by Crippen LogP contribution is -2.23. The van der Waals surface area contributed by atoms with Crippen LogP contribution >= 0.6 is 24.0 Å². The number of hydrogen-bond donors (Lipinski definition) is 2. The van der Waals surface area contributed by atoms with E-state index < -0.39 is 6.36 Å². The molecule has 0 atom stereocenters. The highest BCUT2D eigenvalue weighted by Gasteiger charge is 2.31. The minimum Gasteiger partial charge on any atom is -0.406 e. The molecule has 128 valence electrons. The smallest absolute Gasteiger partial charge is 0.406 e. The van der Waals surface area contributed by atoms with Crippen LogP contribution in [0.2, 0.25) is 0 Å². The predicted molar refractivity (Wildman–Crippen MR) is 92.2 cm³/mol. The SMILES string of the molecule is I.NC(=NCC1=CCCOC1)Nc1cccc(OC(F)(F)F)c1. The molecule has 0 fully saturated rings. The number of benzene rings is 1. The third-order valence-corrected chi connectivity index (χ3v) is 2.78. The summed E-state index contributed by atoms with van der Waals surface area (Å²) < 4.78 is 45.6. The fourth-order valence-corrected chi connectivity index (χ4v) is 1.86. The van der Waals surface area contributed by atoms with Crippen LogP contribution in [0.25, 0.3) is 0 Å². The third kappa shape index (κ3) is 7.55. The molecule has 0 saturated carbocycles. The van der Waals surface area contributed by atoms with E-state index in [9.17, 15) is 13.2 Å². The van der Waals surface area contributed by atoms with Crippen molar-refractivity contribution in [2.24, 2.45) is 10.7 Å². The van der Waals surface area contributed by atoms with E-state index in [2.05, 4.69) is 15.0 Å². The zero-order chi connectivity index (χ0) is 16.0. The molecule has 0 bridgehead atoms. The van der Waals surface area contributed by atoms with Gasteiger partial charge in [0.2, 0.25) is 0 Å². The molecule has 0 amide bonds. The first-order valence-electron chi connectivity index (χ1n) is 6.61. The number of nitrogens with one attached hydrogen (secondary N) is 1. The standard InChI is InChI=1S/C14H16F3N3O2.HI/c15-14(16,17)22-12-5-1-4-11(7-12)20-13(18)19-8-10-3-2-6-21-9-10;/h1,3-5,7H,2,6,8-9H2,(H3,18,19,20);1H. The van der Waals surface area contributed by atoms with Crippen molar-refractivity contribution < 1.29 is 22.6 Å². The molecule has 23 heavy (non-hydrogen) atoms. The van der Waals surface area contributed by atoms with Crippen molar-refractivity contribution >= 4 is 35.6 Å². The number of guanidine groups is 1. The van der Waals surface area contributed by atoms with Gasteiger partial charge < -0.3 is 20.5 Å². The number of nitrogens with two attached hydrogens (primary N) is 1. The van der Waals surface area contributed by atoms with Crippen molar-refractivity contribution in [2.75, 3.05) is 25.1 Å². The summed E-state index contributed by atoms with van der Waals surface area (Å²) in [7, 11) is 0. The number of hydrogen-bond acceptors (Lipinski definition) is 3. The second kappa shape index (κ2) is 8.96. The lowest BCUT2D eigenvalue weighted by molar-refractivity contribution is -0.274. The topological polar surface area (TPSA) is 68.9 Å². The van der Waals surface area contributed by atoms with Crippen LogP contribution in [0.5, 0.6) is 5.75 Å². The highest BCUT2D eigenvalue weighted by atomic mass is 127. The summed E-state index contributed by atoms with van der Waals surface area (Å²) in [5.74, 6) is -0.218. The maximum absolute atomic E-state index is 12.2. The van der Waals surface area contributed by atoms with Crippen molar-refractivity contribution in [3.05, 3.63) is 35.9 Å². The zero-order valence-corrected chi connectivity index (χ0v) is 14.4. The van der Waals surface area contributed by atoms with Crippen LogP contribution in [0, 0.1) is 0 Å². The maximum Gasteiger partial charge on any atom is 0.573 e. The van der Waals surface area contributed by atoms with Crippen molar-refractivity contribution in [3.63, 3.8) is 0 Å². The van der Waals surface area contributed by atoms with Gasteiger partial charge in [-0.05, 0) is 24.1 Å². The molecule has 1 aliphatic rings. The monoisotopic (exact) mass is 443 g/mol. The number of alkyl halides is 3. The van der Waals surface area contributed by atoms with E-state index in [0.29, 0.717) is 25.4 Å². The van der Waals surface area contributed by atoms with Crippen molar-refractivity contribution in [2.45, 2.75) is 12.8 Å². The molecule has 0 aliphatic carbocycles. The molecule has 0 unspecified atom stereocenters. The van der Waals surface area contributed by atoms with Crippen LogP contribution < -0.4 is 15.8 Å². The second-order valence-corrected chi connectivity index (χ2v) is 4.61. The molecule has 1 heterocycles. The summed E-state index contributed by atoms with van der Waals surface area (Å²) in [4.78, 5) is 4.12. The average Bonchev–Trinajstić information content (AvgIpc) is 2.45. The van der Waals surface area contributed by atoms with E-state index in [4.69, 9.17) is 10.5 Å². The molecule has 1 aromatic carbocycles.